The molecule has 0 aromatic heterocycles. The lowest BCUT2D eigenvalue weighted by molar-refractivity contribution is -0.121. The maximum absolute atomic E-state index is 11.3. The molecule has 1 amide bonds. The van der Waals surface area contributed by atoms with Crippen LogP contribution in [0.25, 0.3) is 0 Å². The van der Waals surface area contributed by atoms with Crippen LogP contribution in [0.1, 0.15) is 33.1 Å². The highest BCUT2D eigenvalue weighted by Gasteiger charge is 2.26. The van der Waals surface area contributed by atoms with Gasteiger partial charge in [0.25, 0.3) is 0 Å². The summed E-state index contributed by atoms with van der Waals surface area (Å²) in [5.74, 6) is 1.14. The lowest BCUT2D eigenvalue weighted by Crippen LogP contribution is -2.37. The van der Waals surface area contributed by atoms with E-state index in [1.54, 1.807) is 6.92 Å². The van der Waals surface area contributed by atoms with Gasteiger partial charge in [0.05, 0.1) is 0 Å². The van der Waals surface area contributed by atoms with Crippen LogP contribution in [-0.2, 0) is 4.79 Å². The highest BCUT2D eigenvalue weighted by molar-refractivity contribution is 7.99. The van der Waals surface area contributed by atoms with Gasteiger partial charge in [-0.1, -0.05) is 6.92 Å². The molecule has 3 unspecified atom stereocenters. The number of nitrogens with one attached hydrogen (secondary N) is 1. The van der Waals surface area contributed by atoms with Crippen molar-refractivity contribution in [1.82, 2.24) is 5.32 Å². The van der Waals surface area contributed by atoms with Gasteiger partial charge in [-0.2, -0.15) is 11.8 Å². The molecule has 2 nitrogen and oxygen atoms in total. The predicted octanol–water partition coefficient (Wildman–Crippen LogP) is 2.40. The van der Waals surface area contributed by atoms with Crippen molar-refractivity contribution in [2.24, 2.45) is 0 Å². The highest BCUT2D eigenvalue weighted by atomic mass is 35.5. The van der Waals surface area contributed by atoms with Gasteiger partial charge in [-0.3, -0.25) is 4.79 Å². The summed E-state index contributed by atoms with van der Waals surface area (Å²) in [6, 6.07) is 0.354. The quantitative estimate of drug-likeness (QED) is 0.759. The fourth-order valence-electron chi connectivity index (χ4n) is 1.77. The van der Waals surface area contributed by atoms with Crippen LogP contribution in [0.15, 0.2) is 0 Å². The Morgan fingerprint density at radius 2 is 2.36 bits per heavy atom. The molecule has 0 radical (unpaired) electrons. The van der Waals surface area contributed by atoms with Crippen LogP contribution in [0.4, 0.5) is 0 Å². The molecule has 1 aliphatic carbocycles. The molecule has 1 aliphatic rings. The Bertz CT molecular complexity index is 199. The number of carbonyl (C=O) groups excluding carboxylic acids is 1. The molecular formula is C10H18ClNOS. The van der Waals surface area contributed by atoms with Crippen molar-refractivity contribution in [3.8, 4) is 0 Å². The SMILES string of the molecule is CCSC1CCC(NC(=O)C(C)Cl)C1. The molecule has 3 atom stereocenters. The Labute approximate surface area is 95.2 Å². The van der Waals surface area contributed by atoms with Gasteiger partial charge < -0.3 is 5.32 Å². The molecule has 0 heterocycles. The first-order chi connectivity index (χ1) is 6.63. The zero-order chi connectivity index (χ0) is 10.6. The summed E-state index contributed by atoms with van der Waals surface area (Å²) in [5.41, 5.74) is 0. The van der Waals surface area contributed by atoms with Gasteiger partial charge in [0, 0.05) is 11.3 Å². The van der Waals surface area contributed by atoms with Gasteiger partial charge in [0.2, 0.25) is 5.91 Å². The molecule has 1 saturated carbocycles. The Morgan fingerprint density at radius 3 is 2.93 bits per heavy atom. The first-order valence-corrected chi connectivity index (χ1v) is 6.68. The van der Waals surface area contributed by atoms with Gasteiger partial charge in [-0.05, 0) is 31.9 Å². The summed E-state index contributed by atoms with van der Waals surface area (Å²) >= 11 is 7.68. The topological polar surface area (TPSA) is 29.1 Å². The molecule has 0 bridgehead atoms. The molecular weight excluding hydrogens is 218 g/mol. The maximum Gasteiger partial charge on any atom is 0.237 e. The highest BCUT2D eigenvalue weighted by Crippen LogP contribution is 2.29. The summed E-state index contributed by atoms with van der Waals surface area (Å²) in [5, 5.41) is 3.31. The van der Waals surface area contributed by atoms with Crippen LogP contribution < -0.4 is 5.32 Å². The number of amides is 1. The van der Waals surface area contributed by atoms with E-state index >= 15 is 0 Å². The van der Waals surface area contributed by atoms with Crippen LogP contribution in [-0.4, -0.2) is 28.3 Å². The molecule has 82 valence electrons. The Hall–Kier alpha value is 0.110. The fraction of sp³-hybridized carbons (Fsp3) is 0.900. The third-order valence-electron chi connectivity index (χ3n) is 2.49. The smallest absolute Gasteiger partial charge is 0.237 e. The van der Waals surface area contributed by atoms with Crippen LogP contribution in [0.3, 0.4) is 0 Å². The minimum absolute atomic E-state index is 0.0289. The van der Waals surface area contributed by atoms with Gasteiger partial charge >= 0.3 is 0 Å². The molecule has 1 N–H and O–H groups in total. The number of rotatable bonds is 4. The number of halogens is 1. The number of alkyl halides is 1. The van der Waals surface area contributed by atoms with Crippen molar-refractivity contribution < 1.29 is 4.79 Å². The zero-order valence-electron chi connectivity index (χ0n) is 8.75. The Morgan fingerprint density at radius 1 is 1.64 bits per heavy atom. The van der Waals surface area contributed by atoms with Crippen molar-refractivity contribution in [3.05, 3.63) is 0 Å². The average molecular weight is 236 g/mol. The second kappa shape index (κ2) is 5.86. The van der Waals surface area contributed by atoms with Crippen molar-refractivity contribution in [3.63, 3.8) is 0 Å². The van der Waals surface area contributed by atoms with Gasteiger partial charge in [0.1, 0.15) is 5.38 Å². The number of thioether (sulfide) groups is 1. The minimum Gasteiger partial charge on any atom is -0.352 e. The van der Waals surface area contributed by atoms with Gasteiger partial charge in [0.15, 0.2) is 0 Å². The molecule has 14 heavy (non-hydrogen) atoms. The average Bonchev–Trinajstić information content (AvgIpc) is 2.53. The molecule has 0 spiro atoms. The number of hydrogen-bond donors (Lipinski definition) is 1. The van der Waals surface area contributed by atoms with E-state index in [2.05, 4.69) is 12.2 Å². The first kappa shape index (κ1) is 12.2. The standard InChI is InChI=1S/C10H18ClNOS/c1-3-14-9-5-4-8(6-9)12-10(13)7(2)11/h7-9H,3-6H2,1-2H3,(H,12,13). The van der Waals surface area contributed by atoms with Crippen LogP contribution in [0.2, 0.25) is 0 Å². The van der Waals surface area contributed by atoms with E-state index < -0.39 is 5.38 Å². The third-order valence-corrected chi connectivity index (χ3v) is 3.93. The van der Waals surface area contributed by atoms with Crippen molar-refractivity contribution >= 4 is 29.3 Å². The van der Waals surface area contributed by atoms with Crippen LogP contribution in [0.5, 0.6) is 0 Å². The fourth-order valence-corrected chi connectivity index (χ4v) is 2.98. The zero-order valence-corrected chi connectivity index (χ0v) is 10.3. The lowest BCUT2D eigenvalue weighted by atomic mass is 10.2. The van der Waals surface area contributed by atoms with E-state index in [-0.39, 0.29) is 5.91 Å². The summed E-state index contributed by atoms with van der Waals surface area (Å²) < 4.78 is 0. The summed E-state index contributed by atoms with van der Waals surface area (Å²) in [4.78, 5) is 11.3. The first-order valence-electron chi connectivity index (χ1n) is 5.19. The minimum atomic E-state index is -0.409. The molecule has 0 aromatic rings. The lowest BCUT2D eigenvalue weighted by Gasteiger charge is -2.13. The molecule has 0 saturated heterocycles. The van der Waals surface area contributed by atoms with Crippen molar-refractivity contribution in [1.29, 1.82) is 0 Å². The van der Waals surface area contributed by atoms with E-state index in [9.17, 15) is 4.79 Å². The van der Waals surface area contributed by atoms with Crippen LogP contribution >= 0.6 is 23.4 Å². The van der Waals surface area contributed by atoms with E-state index in [1.807, 2.05) is 11.8 Å². The molecule has 4 heteroatoms. The second-order valence-corrected chi connectivity index (χ2v) is 5.94. The largest absolute Gasteiger partial charge is 0.352 e. The Kier molecular flexibility index (Phi) is 5.10. The summed E-state index contributed by atoms with van der Waals surface area (Å²) in [7, 11) is 0. The number of hydrogen-bond acceptors (Lipinski definition) is 2. The summed E-state index contributed by atoms with van der Waals surface area (Å²) in [6.07, 6.45) is 3.43. The molecule has 0 aromatic carbocycles. The van der Waals surface area contributed by atoms with E-state index in [0.717, 1.165) is 23.8 Å². The third kappa shape index (κ3) is 3.70. The summed E-state index contributed by atoms with van der Waals surface area (Å²) in [6.45, 7) is 3.89. The normalized spacial score (nSPS) is 28.8. The van der Waals surface area contributed by atoms with Crippen molar-refractivity contribution in [2.75, 3.05) is 5.75 Å². The molecule has 1 rings (SSSR count). The molecule has 0 aliphatic heterocycles. The van der Waals surface area contributed by atoms with Gasteiger partial charge in [-0.25, -0.2) is 0 Å². The van der Waals surface area contributed by atoms with E-state index in [4.69, 9.17) is 11.6 Å². The Balaban J connectivity index is 2.25. The maximum atomic E-state index is 11.3. The predicted molar refractivity (Wildman–Crippen MR) is 63.0 cm³/mol. The molecule has 1 fully saturated rings. The van der Waals surface area contributed by atoms with Crippen LogP contribution in [0, 0.1) is 0 Å². The monoisotopic (exact) mass is 235 g/mol. The second-order valence-electron chi connectivity index (χ2n) is 3.71. The van der Waals surface area contributed by atoms with Gasteiger partial charge in [-0.15, -0.1) is 11.6 Å². The van der Waals surface area contributed by atoms with Crippen molar-refractivity contribution in [2.45, 2.75) is 49.8 Å². The van der Waals surface area contributed by atoms with E-state index in [0.29, 0.717) is 6.04 Å². The van der Waals surface area contributed by atoms with E-state index in [1.165, 1.54) is 6.42 Å². The number of carbonyl (C=O) groups is 1.